The molecule has 19 heavy (non-hydrogen) atoms. The highest BCUT2D eigenvalue weighted by Gasteiger charge is 2.29. The third kappa shape index (κ3) is 3.09. The fourth-order valence-electron chi connectivity index (χ4n) is 1.77. The molecule has 0 saturated carbocycles. The minimum absolute atomic E-state index is 0.0758. The Kier molecular flexibility index (Phi) is 3.87. The smallest absolute Gasteiger partial charge is 0.349 e. The van der Waals surface area contributed by atoms with E-state index in [9.17, 15) is 18.0 Å². The molecule has 2 aromatic rings. The van der Waals surface area contributed by atoms with Gasteiger partial charge in [0.2, 0.25) is 5.43 Å². The van der Waals surface area contributed by atoms with Crippen LogP contribution >= 0.6 is 23.5 Å². The molecule has 0 unspecified atom stereocenters. The van der Waals surface area contributed by atoms with Gasteiger partial charge < -0.3 is 4.57 Å². The second-order valence-electron chi connectivity index (χ2n) is 3.86. The lowest BCUT2D eigenvalue weighted by Gasteiger charge is -2.10. The molecule has 1 aromatic heterocycles. The fourth-order valence-corrected chi connectivity index (χ4v) is 2.91. The fraction of sp³-hybridized carbons (Fsp3) is 0.250. The van der Waals surface area contributed by atoms with Crippen LogP contribution in [0.25, 0.3) is 10.9 Å². The first-order chi connectivity index (χ1) is 8.81. The maximum atomic E-state index is 12.3. The second-order valence-corrected chi connectivity index (χ2v) is 5.85. The molecule has 2 nitrogen and oxygen atoms in total. The highest BCUT2D eigenvalue weighted by atomic mass is 32.2. The maximum Gasteiger partial charge on any atom is 0.446 e. The average Bonchev–Trinajstić information content (AvgIpc) is 2.31. The number of benzene rings is 1. The Balaban J connectivity index is 2.62. The summed E-state index contributed by atoms with van der Waals surface area (Å²) in [5, 5.41) is 0.431. The first-order valence-electron chi connectivity index (χ1n) is 5.25. The van der Waals surface area contributed by atoms with Gasteiger partial charge in [-0.15, -0.1) is 11.8 Å². The molecular weight excluding hydrogens is 295 g/mol. The number of aromatic nitrogens is 1. The SMILES string of the molecule is CSc1cn(C)c2cc(SC(F)(F)F)ccc2c1=O. The standard InChI is InChI=1S/C12H10F3NOS2/c1-16-6-10(18-2)11(17)8-4-3-7(5-9(8)16)19-12(13,14)15/h3-6H,1-2H3. The van der Waals surface area contributed by atoms with Crippen molar-refractivity contribution >= 4 is 34.4 Å². The molecule has 0 amide bonds. The third-order valence-electron chi connectivity index (χ3n) is 2.58. The topological polar surface area (TPSA) is 22.0 Å². The lowest BCUT2D eigenvalue weighted by Crippen LogP contribution is -2.09. The van der Waals surface area contributed by atoms with Gasteiger partial charge >= 0.3 is 5.51 Å². The van der Waals surface area contributed by atoms with E-state index in [-0.39, 0.29) is 22.1 Å². The summed E-state index contributed by atoms with van der Waals surface area (Å²) in [5.74, 6) is 0. The molecule has 1 heterocycles. The predicted octanol–water partition coefficient (Wildman–Crippen LogP) is 3.87. The molecule has 0 aliphatic rings. The largest absolute Gasteiger partial charge is 0.446 e. The van der Waals surface area contributed by atoms with E-state index in [1.807, 2.05) is 0 Å². The molecular formula is C12H10F3NOS2. The molecule has 0 radical (unpaired) electrons. The highest BCUT2D eigenvalue weighted by molar-refractivity contribution is 8.00. The van der Waals surface area contributed by atoms with Crippen LogP contribution in [0.3, 0.4) is 0 Å². The van der Waals surface area contributed by atoms with Crippen LogP contribution in [0, 0.1) is 0 Å². The van der Waals surface area contributed by atoms with Gasteiger partial charge in [-0.1, -0.05) is 0 Å². The van der Waals surface area contributed by atoms with Gasteiger partial charge in [0.25, 0.3) is 0 Å². The Bertz CT molecular complexity index is 679. The van der Waals surface area contributed by atoms with Crippen LogP contribution in [0.1, 0.15) is 0 Å². The summed E-state index contributed by atoms with van der Waals surface area (Å²) in [4.78, 5) is 12.7. The van der Waals surface area contributed by atoms with Crippen molar-refractivity contribution in [2.75, 3.05) is 6.26 Å². The summed E-state index contributed by atoms with van der Waals surface area (Å²) in [6, 6.07) is 4.16. The Morgan fingerprint density at radius 1 is 1.26 bits per heavy atom. The van der Waals surface area contributed by atoms with Crippen LogP contribution in [-0.4, -0.2) is 16.3 Å². The molecule has 0 aliphatic heterocycles. The van der Waals surface area contributed by atoms with E-state index in [0.717, 1.165) is 0 Å². The quantitative estimate of drug-likeness (QED) is 0.786. The van der Waals surface area contributed by atoms with Gasteiger partial charge in [0.1, 0.15) is 0 Å². The number of halogens is 3. The van der Waals surface area contributed by atoms with Crippen LogP contribution in [0.5, 0.6) is 0 Å². The zero-order valence-corrected chi connectivity index (χ0v) is 11.7. The monoisotopic (exact) mass is 305 g/mol. The van der Waals surface area contributed by atoms with Crippen molar-refractivity contribution < 1.29 is 13.2 Å². The number of nitrogens with zero attached hydrogens (tertiary/aromatic N) is 1. The van der Waals surface area contributed by atoms with E-state index < -0.39 is 5.51 Å². The molecule has 0 aliphatic carbocycles. The number of hydrogen-bond donors (Lipinski definition) is 0. The van der Waals surface area contributed by atoms with Crippen molar-refractivity contribution in [2.24, 2.45) is 7.05 Å². The van der Waals surface area contributed by atoms with E-state index in [2.05, 4.69) is 0 Å². The second kappa shape index (κ2) is 5.13. The van der Waals surface area contributed by atoms with Crippen LogP contribution < -0.4 is 5.43 Å². The first-order valence-corrected chi connectivity index (χ1v) is 7.29. The number of hydrogen-bond acceptors (Lipinski definition) is 3. The number of thioether (sulfide) groups is 2. The predicted molar refractivity (Wildman–Crippen MR) is 72.9 cm³/mol. The zero-order chi connectivity index (χ0) is 14.2. The van der Waals surface area contributed by atoms with Gasteiger partial charge in [-0.05, 0) is 36.2 Å². The number of rotatable bonds is 2. The molecule has 102 valence electrons. The lowest BCUT2D eigenvalue weighted by molar-refractivity contribution is -0.0328. The summed E-state index contributed by atoms with van der Waals surface area (Å²) in [7, 11) is 1.71. The van der Waals surface area contributed by atoms with Crippen molar-refractivity contribution in [1.29, 1.82) is 0 Å². The molecule has 2 rings (SSSR count). The normalized spacial score (nSPS) is 12.1. The first kappa shape index (κ1) is 14.3. The number of aryl methyl sites for hydroxylation is 1. The van der Waals surface area contributed by atoms with Crippen molar-refractivity contribution in [3.05, 3.63) is 34.6 Å². The Labute approximate surface area is 116 Å². The van der Waals surface area contributed by atoms with Crippen LogP contribution in [-0.2, 0) is 7.05 Å². The molecule has 0 bridgehead atoms. The summed E-state index contributed by atoms with van der Waals surface area (Å²) in [5.41, 5.74) is -3.98. The molecule has 0 atom stereocenters. The van der Waals surface area contributed by atoms with Crippen molar-refractivity contribution in [3.63, 3.8) is 0 Å². The lowest BCUT2D eigenvalue weighted by atomic mass is 10.2. The average molecular weight is 305 g/mol. The van der Waals surface area contributed by atoms with E-state index in [0.29, 0.717) is 15.8 Å². The van der Waals surface area contributed by atoms with Gasteiger partial charge in [0.15, 0.2) is 0 Å². The summed E-state index contributed by atoms with van der Waals surface area (Å²) < 4.78 is 38.7. The zero-order valence-electron chi connectivity index (χ0n) is 10.1. The van der Waals surface area contributed by atoms with E-state index in [1.165, 1.54) is 30.0 Å². The van der Waals surface area contributed by atoms with Gasteiger partial charge in [-0.3, -0.25) is 4.79 Å². The number of alkyl halides is 3. The summed E-state index contributed by atoms with van der Waals surface area (Å²) in [6.45, 7) is 0. The minimum Gasteiger partial charge on any atom is -0.349 e. The Morgan fingerprint density at radius 2 is 1.95 bits per heavy atom. The number of fused-ring (bicyclic) bond motifs is 1. The molecule has 0 fully saturated rings. The molecule has 0 N–H and O–H groups in total. The molecule has 7 heteroatoms. The molecule has 0 saturated heterocycles. The van der Waals surface area contributed by atoms with E-state index in [4.69, 9.17) is 0 Å². The van der Waals surface area contributed by atoms with Crippen LogP contribution in [0.15, 0.2) is 39.0 Å². The third-order valence-corrected chi connectivity index (χ3v) is 4.03. The van der Waals surface area contributed by atoms with Crippen LogP contribution in [0.4, 0.5) is 13.2 Å². The van der Waals surface area contributed by atoms with Gasteiger partial charge in [0, 0.05) is 23.5 Å². The molecule has 0 spiro atoms. The van der Waals surface area contributed by atoms with Gasteiger partial charge in [0.05, 0.1) is 10.4 Å². The number of pyridine rings is 1. The van der Waals surface area contributed by atoms with Gasteiger partial charge in [-0.25, -0.2) is 0 Å². The van der Waals surface area contributed by atoms with Crippen LogP contribution in [0.2, 0.25) is 0 Å². The van der Waals surface area contributed by atoms with Crippen molar-refractivity contribution in [3.8, 4) is 0 Å². The molecule has 1 aromatic carbocycles. The Hall–Kier alpha value is -1.08. The van der Waals surface area contributed by atoms with E-state index in [1.54, 1.807) is 24.1 Å². The van der Waals surface area contributed by atoms with Crippen molar-refractivity contribution in [2.45, 2.75) is 15.3 Å². The highest BCUT2D eigenvalue weighted by Crippen LogP contribution is 2.37. The Morgan fingerprint density at radius 3 is 2.53 bits per heavy atom. The van der Waals surface area contributed by atoms with E-state index >= 15 is 0 Å². The van der Waals surface area contributed by atoms with Crippen molar-refractivity contribution in [1.82, 2.24) is 4.57 Å². The van der Waals surface area contributed by atoms with Gasteiger partial charge in [-0.2, -0.15) is 13.2 Å². The maximum absolute atomic E-state index is 12.3. The summed E-state index contributed by atoms with van der Waals surface area (Å²) >= 11 is 1.14. The summed E-state index contributed by atoms with van der Waals surface area (Å²) in [6.07, 6.45) is 3.42. The minimum atomic E-state index is -4.33.